The summed E-state index contributed by atoms with van der Waals surface area (Å²) < 4.78 is 11.1. The molecule has 2 saturated heterocycles. The number of nitrogens with one attached hydrogen (secondary N) is 1. The molecule has 0 amide bonds. The van der Waals surface area contributed by atoms with E-state index in [2.05, 4.69) is 29.0 Å². The lowest BCUT2D eigenvalue weighted by molar-refractivity contribution is -0.0946. The van der Waals surface area contributed by atoms with Crippen LogP contribution in [-0.2, 0) is 4.74 Å². The minimum atomic E-state index is 0. The number of ether oxygens (including phenoxy) is 2. The molecule has 1 aromatic carbocycles. The fourth-order valence-electron chi connectivity index (χ4n) is 3.24. The van der Waals surface area contributed by atoms with E-state index in [9.17, 15) is 0 Å². The van der Waals surface area contributed by atoms with Gasteiger partial charge in [0.05, 0.1) is 19.8 Å². The molecule has 0 radical (unpaired) electrons. The molecule has 2 aliphatic heterocycles. The first-order valence-electron chi connectivity index (χ1n) is 9.80. The summed E-state index contributed by atoms with van der Waals surface area (Å²) in [6.45, 7) is 13.3. The van der Waals surface area contributed by atoms with E-state index in [1.54, 1.807) is 0 Å². The van der Waals surface area contributed by atoms with E-state index >= 15 is 0 Å². The summed E-state index contributed by atoms with van der Waals surface area (Å²) >= 11 is 5.90. The average molecular weight is 523 g/mol. The molecule has 158 valence electrons. The van der Waals surface area contributed by atoms with Gasteiger partial charge in [-0.05, 0) is 31.2 Å². The molecular formula is C20H32ClIN4O2. The lowest BCUT2D eigenvalue weighted by Crippen LogP contribution is -2.53. The molecule has 0 unspecified atom stereocenters. The molecule has 28 heavy (non-hydrogen) atoms. The fraction of sp³-hybridized carbons (Fsp3) is 0.650. The molecule has 3 rings (SSSR count). The van der Waals surface area contributed by atoms with Gasteiger partial charge in [0.25, 0.3) is 0 Å². The number of rotatable bonds is 7. The van der Waals surface area contributed by atoms with Crippen molar-refractivity contribution in [3.63, 3.8) is 0 Å². The summed E-state index contributed by atoms with van der Waals surface area (Å²) in [7, 11) is 0. The van der Waals surface area contributed by atoms with Crippen LogP contribution in [0.3, 0.4) is 0 Å². The Morgan fingerprint density at radius 1 is 1.21 bits per heavy atom. The predicted octanol–water partition coefficient (Wildman–Crippen LogP) is 2.96. The lowest BCUT2D eigenvalue weighted by atomic mass is 9.89. The smallest absolute Gasteiger partial charge is 0.194 e. The molecule has 0 bridgehead atoms. The first-order valence-corrected chi connectivity index (χ1v) is 10.2. The van der Waals surface area contributed by atoms with Gasteiger partial charge in [-0.15, -0.1) is 24.0 Å². The topological polar surface area (TPSA) is 49.3 Å². The van der Waals surface area contributed by atoms with Crippen LogP contribution in [0.2, 0.25) is 5.02 Å². The van der Waals surface area contributed by atoms with Crippen LogP contribution in [0.1, 0.15) is 13.8 Å². The number of aliphatic imine (C=N–C) groups is 1. The Morgan fingerprint density at radius 3 is 2.46 bits per heavy atom. The number of halogens is 2. The fourth-order valence-corrected chi connectivity index (χ4v) is 3.37. The van der Waals surface area contributed by atoms with Gasteiger partial charge in [-0.1, -0.05) is 18.5 Å². The van der Waals surface area contributed by atoms with Crippen LogP contribution in [0.5, 0.6) is 5.75 Å². The van der Waals surface area contributed by atoms with E-state index in [-0.39, 0.29) is 29.4 Å². The second-order valence-corrected chi connectivity index (χ2v) is 8.04. The van der Waals surface area contributed by atoms with E-state index < -0.39 is 0 Å². The molecule has 2 fully saturated rings. The van der Waals surface area contributed by atoms with Gasteiger partial charge in [0.2, 0.25) is 0 Å². The summed E-state index contributed by atoms with van der Waals surface area (Å²) in [6, 6.07) is 7.53. The van der Waals surface area contributed by atoms with Gasteiger partial charge in [0.1, 0.15) is 12.4 Å². The van der Waals surface area contributed by atoms with Crippen LogP contribution < -0.4 is 10.1 Å². The second kappa shape index (κ2) is 11.4. The minimum Gasteiger partial charge on any atom is -0.492 e. The summed E-state index contributed by atoms with van der Waals surface area (Å²) in [5, 5.41) is 4.17. The Kier molecular flexibility index (Phi) is 9.59. The van der Waals surface area contributed by atoms with Crippen LogP contribution in [0.4, 0.5) is 0 Å². The highest BCUT2D eigenvalue weighted by atomic mass is 127. The highest BCUT2D eigenvalue weighted by Crippen LogP contribution is 2.26. The molecule has 0 aliphatic carbocycles. The van der Waals surface area contributed by atoms with Crippen molar-refractivity contribution in [2.75, 3.05) is 65.6 Å². The molecule has 1 N–H and O–H groups in total. The quantitative estimate of drug-likeness (QED) is 0.339. The van der Waals surface area contributed by atoms with E-state index in [0.29, 0.717) is 6.61 Å². The first kappa shape index (κ1) is 23.5. The van der Waals surface area contributed by atoms with Crippen molar-refractivity contribution >= 4 is 41.5 Å². The zero-order valence-electron chi connectivity index (χ0n) is 16.8. The number of hydrogen-bond donors (Lipinski definition) is 1. The predicted molar refractivity (Wildman–Crippen MR) is 125 cm³/mol. The summed E-state index contributed by atoms with van der Waals surface area (Å²) in [4.78, 5) is 9.67. The van der Waals surface area contributed by atoms with Crippen molar-refractivity contribution in [2.24, 2.45) is 10.4 Å². The molecule has 0 aromatic heterocycles. The Morgan fingerprint density at radius 2 is 1.89 bits per heavy atom. The van der Waals surface area contributed by atoms with Gasteiger partial charge in [0, 0.05) is 49.7 Å². The van der Waals surface area contributed by atoms with Crippen LogP contribution in [0, 0.1) is 5.41 Å². The highest BCUT2D eigenvalue weighted by Gasteiger charge is 2.33. The van der Waals surface area contributed by atoms with E-state index in [0.717, 1.165) is 75.8 Å². The van der Waals surface area contributed by atoms with Crippen molar-refractivity contribution in [1.82, 2.24) is 15.1 Å². The van der Waals surface area contributed by atoms with Crippen LogP contribution in [0.25, 0.3) is 0 Å². The third-order valence-electron chi connectivity index (χ3n) is 5.01. The highest BCUT2D eigenvalue weighted by molar-refractivity contribution is 14.0. The first-order chi connectivity index (χ1) is 13.1. The number of nitrogens with zero attached hydrogens (tertiary/aromatic N) is 3. The zero-order valence-corrected chi connectivity index (χ0v) is 19.9. The Bertz CT molecular complexity index is 617. The molecule has 0 spiro atoms. The Hall–Kier alpha value is -0.770. The molecule has 0 saturated carbocycles. The number of piperazine rings is 1. The summed E-state index contributed by atoms with van der Waals surface area (Å²) in [5.74, 6) is 1.90. The van der Waals surface area contributed by atoms with Crippen molar-refractivity contribution in [1.29, 1.82) is 0 Å². The van der Waals surface area contributed by atoms with E-state index in [1.165, 1.54) is 0 Å². The van der Waals surface area contributed by atoms with Crippen LogP contribution in [0.15, 0.2) is 29.3 Å². The second-order valence-electron chi connectivity index (χ2n) is 7.60. The van der Waals surface area contributed by atoms with Crippen molar-refractivity contribution in [3.05, 3.63) is 29.3 Å². The van der Waals surface area contributed by atoms with E-state index in [4.69, 9.17) is 26.1 Å². The van der Waals surface area contributed by atoms with Crippen molar-refractivity contribution < 1.29 is 9.47 Å². The van der Waals surface area contributed by atoms with Gasteiger partial charge in [0.15, 0.2) is 5.96 Å². The summed E-state index contributed by atoms with van der Waals surface area (Å²) in [6.07, 6.45) is 0. The van der Waals surface area contributed by atoms with E-state index in [1.807, 2.05) is 24.3 Å². The van der Waals surface area contributed by atoms with Crippen molar-refractivity contribution in [2.45, 2.75) is 13.8 Å². The Labute approximate surface area is 190 Å². The maximum Gasteiger partial charge on any atom is 0.194 e. The maximum absolute atomic E-state index is 5.90. The van der Waals surface area contributed by atoms with Gasteiger partial charge >= 0.3 is 0 Å². The normalized spacial score (nSPS) is 19.5. The largest absolute Gasteiger partial charge is 0.492 e. The number of benzene rings is 1. The summed E-state index contributed by atoms with van der Waals surface area (Å²) in [5.41, 5.74) is 0.210. The molecule has 2 heterocycles. The van der Waals surface area contributed by atoms with Crippen LogP contribution in [-0.4, -0.2) is 81.4 Å². The standard InChI is InChI=1S/C20H31ClN4O2.HI/c1-3-22-19(23-14-20(2)15-26-16-20)25-10-8-24(9-11-25)12-13-27-18-6-4-17(21)5-7-18;/h4-7H,3,8-16H2,1-2H3,(H,22,23);1H. The molecule has 6 nitrogen and oxygen atoms in total. The zero-order chi connectivity index (χ0) is 19.1. The SMILES string of the molecule is CCNC(=NCC1(C)COC1)N1CCN(CCOc2ccc(Cl)cc2)CC1.I. The maximum atomic E-state index is 5.90. The molecule has 0 atom stereocenters. The molecule has 2 aliphatic rings. The minimum absolute atomic E-state index is 0. The monoisotopic (exact) mass is 522 g/mol. The molecule has 8 heteroatoms. The number of hydrogen-bond acceptors (Lipinski definition) is 4. The van der Waals surface area contributed by atoms with Crippen molar-refractivity contribution in [3.8, 4) is 5.75 Å². The van der Waals surface area contributed by atoms with Gasteiger partial charge in [-0.3, -0.25) is 9.89 Å². The van der Waals surface area contributed by atoms with Gasteiger partial charge in [-0.2, -0.15) is 0 Å². The van der Waals surface area contributed by atoms with Crippen LogP contribution >= 0.6 is 35.6 Å². The Balaban J connectivity index is 0.00000280. The average Bonchev–Trinajstić information content (AvgIpc) is 2.66. The van der Waals surface area contributed by atoms with Gasteiger partial charge in [-0.25, -0.2) is 0 Å². The lowest BCUT2D eigenvalue weighted by Gasteiger charge is -2.39. The molecular weight excluding hydrogens is 491 g/mol. The molecule has 1 aromatic rings. The third-order valence-corrected chi connectivity index (χ3v) is 5.26. The number of guanidine groups is 1. The third kappa shape index (κ3) is 6.93. The van der Waals surface area contributed by atoms with Gasteiger partial charge < -0.3 is 19.7 Å².